The van der Waals surface area contributed by atoms with E-state index in [1.54, 1.807) is 24.1 Å². The van der Waals surface area contributed by atoms with Crippen molar-refractivity contribution in [2.75, 3.05) is 13.3 Å². The van der Waals surface area contributed by atoms with Gasteiger partial charge in [-0.25, -0.2) is 13.2 Å². The van der Waals surface area contributed by atoms with Crippen molar-refractivity contribution in [1.29, 1.82) is 0 Å². The first-order valence-electron chi connectivity index (χ1n) is 7.97. The SMILES string of the molecule is CN(C(=O)Cc1ccc(C(=O)O)cc1)C1CCCCC1S(C)(=O)=O. The summed E-state index contributed by atoms with van der Waals surface area (Å²) in [5.41, 5.74) is 0.882. The average molecular weight is 353 g/mol. The summed E-state index contributed by atoms with van der Waals surface area (Å²) < 4.78 is 24.0. The summed E-state index contributed by atoms with van der Waals surface area (Å²) in [5.74, 6) is -1.16. The number of carboxylic acid groups (broad SMARTS) is 1. The van der Waals surface area contributed by atoms with E-state index < -0.39 is 21.1 Å². The average Bonchev–Trinajstić information content (AvgIpc) is 2.53. The molecule has 0 saturated heterocycles. The number of benzene rings is 1. The van der Waals surface area contributed by atoms with Gasteiger partial charge in [-0.15, -0.1) is 0 Å². The third-order valence-corrected chi connectivity index (χ3v) is 6.31. The fourth-order valence-electron chi connectivity index (χ4n) is 3.27. The number of aromatic carboxylic acids is 1. The monoisotopic (exact) mass is 353 g/mol. The summed E-state index contributed by atoms with van der Waals surface area (Å²) in [7, 11) is -1.55. The van der Waals surface area contributed by atoms with E-state index in [4.69, 9.17) is 5.11 Å². The van der Waals surface area contributed by atoms with Crippen molar-refractivity contribution in [3.05, 3.63) is 35.4 Å². The van der Waals surface area contributed by atoms with Gasteiger partial charge in [-0.2, -0.15) is 0 Å². The van der Waals surface area contributed by atoms with Crippen LogP contribution in [-0.2, 0) is 21.1 Å². The Morgan fingerprint density at radius 3 is 2.29 bits per heavy atom. The molecule has 0 radical (unpaired) electrons. The standard InChI is InChI=1S/C17H23NO5S/c1-18(14-5-3-4-6-15(14)24(2,22)23)16(19)11-12-7-9-13(10-8-12)17(20)21/h7-10,14-15H,3-6,11H2,1-2H3,(H,20,21). The van der Waals surface area contributed by atoms with Crippen molar-refractivity contribution in [2.24, 2.45) is 0 Å². The van der Waals surface area contributed by atoms with E-state index >= 15 is 0 Å². The molecule has 1 aliphatic carbocycles. The first kappa shape index (κ1) is 18.4. The zero-order valence-electron chi connectivity index (χ0n) is 13.9. The molecule has 0 aromatic heterocycles. The number of carboxylic acids is 1. The highest BCUT2D eigenvalue weighted by atomic mass is 32.2. The smallest absolute Gasteiger partial charge is 0.335 e. The van der Waals surface area contributed by atoms with Gasteiger partial charge in [0.25, 0.3) is 0 Å². The number of sulfone groups is 1. The molecular formula is C17H23NO5S. The van der Waals surface area contributed by atoms with Gasteiger partial charge in [0.05, 0.1) is 17.2 Å². The third kappa shape index (κ3) is 4.35. The highest BCUT2D eigenvalue weighted by Crippen LogP contribution is 2.27. The Morgan fingerprint density at radius 1 is 1.17 bits per heavy atom. The van der Waals surface area contributed by atoms with Crippen LogP contribution in [0.5, 0.6) is 0 Å². The summed E-state index contributed by atoms with van der Waals surface area (Å²) >= 11 is 0. The minimum absolute atomic E-state index is 0.128. The molecule has 0 bridgehead atoms. The van der Waals surface area contributed by atoms with Gasteiger partial charge in [0.1, 0.15) is 0 Å². The van der Waals surface area contributed by atoms with E-state index in [-0.39, 0.29) is 23.9 Å². The van der Waals surface area contributed by atoms with Crippen molar-refractivity contribution in [2.45, 2.75) is 43.4 Å². The quantitative estimate of drug-likeness (QED) is 0.870. The lowest BCUT2D eigenvalue weighted by molar-refractivity contribution is -0.131. The van der Waals surface area contributed by atoms with Gasteiger partial charge in [-0.05, 0) is 30.5 Å². The van der Waals surface area contributed by atoms with Crippen molar-refractivity contribution < 1.29 is 23.1 Å². The molecule has 0 heterocycles. The number of nitrogens with zero attached hydrogens (tertiary/aromatic N) is 1. The number of likely N-dealkylation sites (N-methyl/N-ethyl adjacent to an activating group) is 1. The van der Waals surface area contributed by atoms with Gasteiger partial charge >= 0.3 is 5.97 Å². The number of carbonyl (C=O) groups is 2. The van der Waals surface area contributed by atoms with Gasteiger partial charge < -0.3 is 10.0 Å². The number of hydrogen-bond acceptors (Lipinski definition) is 4. The molecule has 2 atom stereocenters. The number of carbonyl (C=O) groups excluding carboxylic acids is 1. The Kier molecular flexibility index (Phi) is 5.64. The lowest BCUT2D eigenvalue weighted by atomic mass is 9.93. The zero-order valence-corrected chi connectivity index (χ0v) is 14.8. The topological polar surface area (TPSA) is 91.8 Å². The molecule has 2 unspecified atom stereocenters. The van der Waals surface area contributed by atoms with Crippen molar-refractivity contribution >= 4 is 21.7 Å². The van der Waals surface area contributed by atoms with Crippen LogP contribution < -0.4 is 0 Å². The van der Waals surface area contributed by atoms with Crippen LogP contribution >= 0.6 is 0 Å². The Labute approximate surface area is 142 Å². The molecule has 6 nitrogen and oxygen atoms in total. The molecule has 0 aliphatic heterocycles. The van der Waals surface area contributed by atoms with Gasteiger partial charge in [-0.1, -0.05) is 25.0 Å². The van der Waals surface area contributed by atoms with Crippen LogP contribution in [0.3, 0.4) is 0 Å². The van der Waals surface area contributed by atoms with Crippen molar-refractivity contribution in [3.63, 3.8) is 0 Å². The van der Waals surface area contributed by atoms with E-state index in [1.807, 2.05) is 0 Å². The molecule has 1 amide bonds. The molecule has 1 aliphatic rings. The predicted octanol–water partition coefficient (Wildman–Crippen LogP) is 1.74. The summed E-state index contributed by atoms with van der Waals surface area (Å²) in [6.45, 7) is 0. The largest absolute Gasteiger partial charge is 0.478 e. The molecule has 132 valence electrons. The van der Waals surface area contributed by atoms with Gasteiger partial charge in [0.15, 0.2) is 9.84 Å². The van der Waals surface area contributed by atoms with E-state index in [2.05, 4.69) is 0 Å². The van der Waals surface area contributed by atoms with Crippen LogP contribution in [0, 0.1) is 0 Å². The van der Waals surface area contributed by atoms with Crippen LogP contribution in [0.15, 0.2) is 24.3 Å². The Bertz CT molecular complexity index is 711. The molecular weight excluding hydrogens is 330 g/mol. The summed E-state index contributed by atoms with van der Waals surface area (Å²) in [5, 5.41) is 8.38. The summed E-state index contributed by atoms with van der Waals surface area (Å²) in [6.07, 6.45) is 4.43. The first-order valence-corrected chi connectivity index (χ1v) is 9.92. The normalized spacial score (nSPS) is 21.2. The maximum Gasteiger partial charge on any atom is 0.335 e. The van der Waals surface area contributed by atoms with Gasteiger partial charge in [0.2, 0.25) is 5.91 Å². The van der Waals surface area contributed by atoms with Crippen LogP contribution in [-0.4, -0.2) is 54.9 Å². The first-order chi connectivity index (χ1) is 11.2. The van der Waals surface area contributed by atoms with Crippen LogP contribution in [0.4, 0.5) is 0 Å². The van der Waals surface area contributed by atoms with Crippen LogP contribution in [0.1, 0.15) is 41.6 Å². The van der Waals surface area contributed by atoms with Crippen molar-refractivity contribution in [1.82, 2.24) is 4.90 Å². The molecule has 24 heavy (non-hydrogen) atoms. The molecule has 0 spiro atoms. The molecule has 1 saturated carbocycles. The maximum absolute atomic E-state index is 12.5. The Hall–Kier alpha value is -1.89. The molecule has 1 aromatic carbocycles. The Balaban J connectivity index is 2.09. The van der Waals surface area contributed by atoms with E-state index in [0.717, 1.165) is 12.8 Å². The second kappa shape index (κ2) is 7.34. The molecule has 1 N–H and O–H groups in total. The van der Waals surface area contributed by atoms with Gasteiger partial charge in [-0.3, -0.25) is 4.79 Å². The fraction of sp³-hybridized carbons (Fsp3) is 0.529. The molecule has 7 heteroatoms. The lowest BCUT2D eigenvalue weighted by Gasteiger charge is -2.37. The molecule has 2 rings (SSSR count). The lowest BCUT2D eigenvalue weighted by Crippen LogP contribution is -2.49. The minimum Gasteiger partial charge on any atom is -0.478 e. The number of amides is 1. The predicted molar refractivity (Wildman–Crippen MR) is 90.8 cm³/mol. The third-order valence-electron chi connectivity index (χ3n) is 4.66. The highest BCUT2D eigenvalue weighted by molar-refractivity contribution is 7.91. The zero-order chi connectivity index (χ0) is 17.9. The maximum atomic E-state index is 12.5. The summed E-state index contributed by atoms with van der Waals surface area (Å²) in [4.78, 5) is 24.9. The van der Waals surface area contributed by atoms with Crippen molar-refractivity contribution in [3.8, 4) is 0 Å². The van der Waals surface area contributed by atoms with E-state index in [1.165, 1.54) is 18.4 Å². The molecule has 1 fully saturated rings. The second-order valence-corrected chi connectivity index (χ2v) is 8.67. The fourth-order valence-corrected chi connectivity index (χ4v) is 4.75. The highest BCUT2D eigenvalue weighted by Gasteiger charge is 2.36. The minimum atomic E-state index is -3.20. The summed E-state index contributed by atoms with van der Waals surface area (Å²) in [6, 6.07) is 5.86. The van der Waals surface area contributed by atoms with E-state index in [9.17, 15) is 18.0 Å². The Morgan fingerprint density at radius 2 is 1.75 bits per heavy atom. The van der Waals surface area contributed by atoms with Gasteiger partial charge in [0, 0.05) is 19.3 Å². The van der Waals surface area contributed by atoms with Crippen LogP contribution in [0.2, 0.25) is 0 Å². The number of rotatable bonds is 5. The molecule has 1 aromatic rings. The second-order valence-electron chi connectivity index (χ2n) is 6.40. The van der Waals surface area contributed by atoms with E-state index in [0.29, 0.717) is 18.4 Å². The van der Waals surface area contributed by atoms with Crippen LogP contribution in [0.25, 0.3) is 0 Å². The number of hydrogen-bond donors (Lipinski definition) is 1.